The van der Waals surface area contributed by atoms with Gasteiger partial charge in [-0.3, -0.25) is 4.79 Å². The van der Waals surface area contributed by atoms with Gasteiger partial charge >= 0.3 is 6.18 Å². The lowest BCUT2D eigenvalue weighted by Gasteiger charge is -2.17. The van der Waals surface area contributed by atoms with E-state index >= 15 is 0 Å². The van der Waals surface area contributed by atoms with Crippen LogP contribution in [0.2, 0.25) is 0 Å². The van der Waals surface area contributed by atoms with Crippen LogP contribution < -0.4 is 10.1 Å². The minimum absolute atomic E-state index is 0.101. The molecule has 1 amide bonds. The molecule has 0 saturated carbocycles. The van der Waals surface area contributed by atoms with Gasteiger partial charge in [0.25, 0.3) is 5.91 Å². The van der Waals surface area contributed by atoms with E-state index in [4.69, 9.17) is 9.47 Å². The summed E-state index contributed by atoms with van der Waals surface area (Å²) in [6.45, 7) is 1.77. The fourth-order valence-electron chi connectivity index (χ4n) is 3.65. The van der Waals surface area contributed by atoms with Gasteiger partial charge in [-0.05, 0) is 54.7 Å². The molecule has 0 bridgehead atoms. The molecule has 2 aliphatic rings. The van der Waals surface area contributed by atoms with Gasteiger partial charge in [0.05, 0.1) is 19.6 Å². The van der Waals surface area contributed by atoms with E-state index in [2.05, 4.69) is 10.3 Å². The van der Waals surface area contributed by atoms with Crippen molar-refractivity contribution < 1.29 is 27.4 Å². The van der Waals surface area contributed by atoms with Gasteiger partial charge in [0, 0.05) is 11.6 Å². The Hall–Kier alpha value is -3.07. The topological polar surface area (TPSA) is 60.5 Å². The number of carbonyl (C=O) groups excluding carboxylic acids is 1. The van der Waals surface area contributed by atoms with Crippen LogP contribution in [0.1, 0.15) is 35.1 Å². The van der Waals surface area contributed by atoms with Crippen molar-refractivity contribution in [1.29, 1.82) is 0 Å². The third-order valence-electron chi connectivity index (χ3n) is 5.17. The number of hydrogen-bond donors (Lipinski definition) is 1. The van der Waals surface area contributed by atoms with Gasteiger partial charge < -0.3 is 14.8 Å². The number of nitrogens with zero attached hydrogens (tertiary/aromatic N) is 1. The number of fused-ring (bicyclic) bond motifs is 1. The molecule has 31 heavy (non-hydrogen) atoms. The number of carbonyl (C=O) groups is 1. The summed E-state index contributed by atoms with van der Waals surface area (Å²) in [5, 5.41) is 2.82. The van der Waals surface area contributed by atoms with Crippen LogP contribution in [-0.2, 0) is 10.9 Å². The van der Waals surface area contributed by atoms with Crippen molar-refractivity contribution in [3.8, 4) is 16.3 Å². The molecule has 1 aliphatic heterocycles. The van der Waals surface area contributed by atoms with Gasteiger partial charge in [-0.25, -0.2) is 4.98 Å². The molecule has 1 aromatic carbocycles. The summed E-state index contributed by atoms with van der Waals surface area (Å²) in [5.74, 6) is -0.308. The zero-order valence-corrected chi connectivity index (χ0v) is 17.6. The molecule has 1 aliphatic carbocycles. The van der Waals surface area contributed by atoms with E-state index in [1.807, 2.05) is 6.08 Å². The summed E-state index contributed by atoms with van der Waals surface area (Å²) in [6, 6.07) is 6.12. The summed E-state index contributed by atoms with van der Waals surface area (Å²) in [4.78, 5) is 16.1. The molecule has 2 heterocycles. The maximum atomic E-state index is 13.6. The number of halogens is 3. The summed E-state index contributed by atoms with van der Waals surface area (Å²) in [6.07, 6.45) is 1.74. The highest BCUT2D eigenvalue weighted by Gasteiger charge is 2.40. The quantitative estimate of drug-likeness (QED) is 0.659. The average molecular weight is 448 g/mol. The third kappa shape index (κ3) is 4.23. The predicted molar refractivity (Wildman–Crippen MR) is 111 cm³/mol. The lowest BCUT2D eigenvalue weighted by atomic mass is 10.0. The molecule has 0 saturated heterocycles. The summed E-state index contributed by atoms with van der Waals surface area (Å²) < 4.78 is 51.2. The van der Waals surface area contributed by atoms with Crippen molar-refractivity contribution in [3.63, 3.8) is 0 Å². The van der Waals surface area contributed by atoms with Crippen molar-refractivity contribution in [3.05, 3.63) is 70.2 Å². The summed E-state index contributed by atoms with van der Waals surface area (Å²) in [5.41, 5.74) is 2.22. The van der Waals surface area contributed by atoms with E-state index in [1.165, 1.54) is 7.11 Å². The second-order valence-corrected chi connectivity index (χ2v) is 8.14. The molecule has 9 heteroatoms. The van der Waals surface area contributed by atoms with E-state index in [0.717, 1.165) is 23.1 Å². The monoisotopic (exact) mass is 448 g/mol. The van der Waals surface area contributed by atoms with Gasteiger partial charge in [-0.15, -0.1) is 11.3 Å². The number of rotatable bonds is 5. The lowest BCUT2D eigenvalue weighted by Crippen LogP contribution is -2.34. The molecular weight excluding hydrogens is 429 g/mol. The van der Waals surface area contributed by atoms with Crippen molar-refractivity contribution in [2.24, 2.45) is 0 Å². The first-order valence-electron chi connectivity index (χ1n) is 9.55. The Kier molecular flexibility index (Phi) is 5.62. The Morgan fingerprint density at radius 2 is 2.13 bits per heavy atom. The largest absolute Gasteiger partial charge is 0.497 e. The Bertz CT molecular complexity index is 1120. The van der Waals surface area contributed by atoms with E-state index in [-0.39, 0.29) is 5.01 Å². The third-order valence-corrected chi connectivity index (χ3v) is 6.27. The molecule has 1 aromatic heterocycles. The van der Waals surface area contributed by atoms with Crippen LogP contribution in [0.5, 0.6) is 5.75 Å². The zero-order valence-electron chi connectivity index (χ0n) is 16.7. The van der Waals surface area contributed by atoms with Gasteiger partial charge in [0.1, 0.15) is 15.6 Å². The normalized spacial score (nSPS) is 16.5. The first kappa shape index (κ1) is 21.2. The fourth-order valence-corrected chi connectivity index (χ4v) is 4.64. The highest BCUT2D eigenvalue weighted by atomic mass is 32.1. The number of nitrogens with one attached hydrogen (secondary N) is 1. The maximum absolute atomic E-state index is 13.6. The number of hydrogen-bond acceptors (Lipinski definition) is 5. The van der Waals surface area contributed by atoms with Crippen LogP contribution in [0.15, 0.2) is 59.6 Å². The summed E-state index contributed by atoms with van der Waals surface area (Å²) >= 11 is 0.714. The van der Waals surface area contributed by atoms with E-state index in [9.17, 15) is 18.0 Å². The highest BCUT2D eigenvalue weighted by molar-refractivity contribution is 7.17. The molecule has 1 N–H and O–H groups in total. The van der Waals surface area contributed by atoms with Crippen LogP contribution >= 0.6 is 11.3 Å². The smallest absolute Gasteiger partial charge is 0.435 e. The lowest BCUT2D eigenvalue weighted by molar-refractivity contribution is -0.141. The number of ether oxygens (including phenoxy) is 2. The number of benzene rings is 1. The van der Waals surface area contributed by atoms with Crippen LogP contribution in [-0.4, -0.2) is 24.0 Å². The molecule has 162 valence electrons. The van der Waals surface area contributed by atoms with Gasteiger partial charge in [-0.2, -0.15) is 13.2 Å². The molecule has 0 spiro atoms. The van der Waals surface area contributed by atoms with Crippen molar-refractivity contribution in [1.82, 2.24) is 10.3 Å². The average Bonchev–Trinajstić information content (AvgIpc) is 3.38. The second-order valence-electron chi connectivity index (χ2n) is 7.14. The van der Waals surface area contributed by atoms with E-state index in [1.54, 1.807) is 43.7 Å². The van der Waals surface area contributed by atoms with Crippen molar-refractivity contribution >= 4 is 17.2 Å². The van der Waals surface area contributed by atoms with Crippen molar-refractivity contribution in [2.75, 3.05) is 7.11 Å². The second kappa shape index (κ2) is 8.22. The number of thiazole rings is 1. The number of allylic oxidation sites excluding steroid dienone is 3. The highest BCUT2D eigenvalue weighted by Crippen LogP contribution is 2.39. The first-order chi connectivity index (χ1) is 14.8. The molecule has 1 unspecified atom stereocenters. The number of amides is 1. The number of methoxy groups -OCH3 is 1. The molecule has 1 atom stereocenters. The molecule has 0 fully saturated rings. The molecule has 2 aromatic rings. The number of alkyl halides is 3. The fraction of sp³-hybridized carbons (Fsp3) is 0.273. The Balaban J connectivity index is 1.64. The molecule has 4 rings (SSSR count). The predicted octanol–water partition coefficient (Wildman–Crippen LogP) is 5.47. The molecule has 5 nitrogen and oxygen atoms in total. The van der Waals surface area contributed by atoms with Crippen LogP contribution in [0.3, 0.4) is 0 Å². The molecule has 0 radical (unpaired) electrons. The maximum Gasteiger partial charge on any atom is 0.435 e. The summed E-state index contributed by atoms with van der Waals surface area (Å²) in [7, 11) is 1.47. The first-order valence-corrected chi connectivity index (χ1v) is 10.4. The Morgan fingerprint density at radius 3 is 2.87 bits per heavy atom. The number of aromatic nitrogens is 1. The van der Waals surface area contributed by atoms with E-state index < -0.39 is 28.7 Å². The van der Waals surface area contributed by atoms with Crippen molar-refractivity contribution in [2.45, 2.75) is 32.0 Å². The minimum Gasteiger partial charge on any atom is -0.497 e. The molecular formula is C22H19F3N2O3S. The SMILES string of the molecule is COc1cccc(-c2nc(C(F)(F)F)c(C(=O)NC(C)C3=C4C=COC=C4CC3)s2)c1. The standard InChI is InChI=1S/C22H19F3N2O3S/c1-12(16-7-6-14-11-30-9-8-17(14)16)26-20(28)18-19(22(23,24)25)27-21(31-18)13-4-3-5-15(10-13)29-2/h3-5,8-12H,6-7H2,1-2H3,(H,26,28). The zero-order chi connectivity index (χ0) is 22.2. The Labute approximate surface area is 180 Å². The van der Waals surface area contributed by atoms with Crippen LogP contribution in [0.25, 0.3) is 10.6 Å². The van der Waals surface area contributed by atoms with Crippen LogP contribution in [0, 0.1) is 0 Å². The van der Waals surface area contributed by atoms with E-state index in [0.29, 0.717) is 29.1 Å². The van der Waals surface area contributed by atoms with Crippen LogP contribution in [0.4, 0.5) is 13.2 Å². The van der Waals surface area contributed by atoms with Gasteiger partial charge in [0.2, 0.25) is 0 Å². The van der Waals surface area contributed by atoms with Gasteiger partial charge in [0.15, 0.2) is 5.69 Å². The van der Waals surface area contributed by atoms with Gasteiger partial charge in [-0.1, -0.05) is 12.1 Å². The Morgan fingerprint density at radius 1 is 1.32 bits per heavy atom. The minimum atomic E-state index is -4.75.